The molecule has 1 aromatic carbocycles. The van der Waals surface area contributed by atoms with Crippen LogP contribution in [0.25, 0.3) is 0 Å². The summed E-state index contributed by atoms with van der Waals surface area (Å²) in [4.78, 5) is 14.3. The van der Waals surface area contributed by atoms with Gasteiger partial charge in [0.05, 0.1) is 11.3 Å². The molecule has 1 fully saturated rings. The molecule has 1 aliphatic carbocycles. The first-order valence-electron chi connectivity index (χ1n) is 7.25. The van der Waals surface area contributed by atoms with Gasteiger partial charge in [0.25, 0.3) is 0 Å². The van der Waals surface area contributed by atoms with Crippen LogP contribution in [0, 0.1) is 5.92 Å². The van der Waals surface area contributed by atoms with Gasteiger partial charge in [-0.05, 0) is 49.8 Å². The molecule has 2 rings (SSSR count). The molecule has 0 aromatic heterocycles. The molecule has 20 heavy (non-hydrogen) atoms. The van der Waals surface area contributed by atoms with E-state index in [1.807, 2.05) is 25.1 Å². The van der Waals surface area contributed by atoms with Gasteiger partial charge in [0.15, 0.2) is 0 Å². The minimum absolute atomic E-state index is 0.0511. The summed E-state index contributed by atoms with van der Waals surface area (Å²) in [5.41, 5.74) is 7.76. The Bertz CT molecular complexity index is 477. The van der Waals surface area contributed by atoms with Crippen LogP contribution in [0.15, 0.2) is 18.2 Å². The van der Waals surface area contributed by atoms with Crippen LogP contribution >= 0.6 is 0 Å². The van der Waals surface area contributed by atoms with E-state index in [0.29, 0.717) is 11.3 Å². The van der Waals surface area contributed by atoms with Crippen molar-refractivity contribution in [1.29, 1.82) is 0 Å². The largest absolute Gasteiger partial charge is 0.459 e. The van der Waals surface area contributed by atoms with E-state index in [2.05, 4.69) is 6.92 Å². The van der Waals surface area contributed by atoms with Crippen molar-refractivity contribution < 1.29 is 9.53 Å². The van der Waals surface area contributed by atoms with E-state index in [-0.39, 0.29) is 12.1 Å². The third-order valence-electron chi connectivity index (χ3n) is 3.96. The van der Waals surface area contributed by atoms with Crippen molar-refractivity contribution in [3.05, 3.63) is 23.8 Å². The van der Waals surface area contributed by atoms with E-state index in [4.69, 9.17) is 10.5 Å². The highest BCUT2D eigenvalue weighted by Crippen LogP contribution is 2.28. The van der Waals surface area contributed by atoms with Crippen LogP contribution in [0.1, 0.15) is 43.0 Å². The van der Waals surface area contributed by atoms with E-state index in [9.17, 15) is 4.79 Å². The van der Waals surface area contributed by atoms with Gasteiger partial charge in [0.1, 0.15) is 6.10 Å². The highest BCUT2D eigenvalue weighted by molar-refractivity contribution is 5.97. The zero-order chi connectivity index (χ0) is 14.7. The van der Waals surface area contributed by atoms with Crippen LogP contribution in [0.5, 0.6) is 0 Å². The lowest BCUT2D eigenvalue weighted by molar-refractivity contribution is 0.0174. The number of ether oxygens (including phenoxy) is 1. The third kappa shape index (κ3) is 3.44. The lowest BCUT2D eigenvalue weighted by atomic mass is 9.89. The molecule has 0 heterocycles. The zero-order valence-corrected chi connectivity index (χ0v) is 12.6. The van der Waals surface area contributed by atoms with Crippen LogP contribution in [-0.4, -0.2) is 26.2 Å². The van der Waals surface area contributed by atoms with E-state index in [1.165, 1.54) is 0 Å². The zero-order valence-electron chi connectivity index (χ0n) is 12.6. The fourth-order valence-corrected chi connectivity index (χ4v) is 2.67. The fraction of sp³-hybridized carbons (Fsp3) is 0.562. The van der Waals surface area contributed by atoms with Gasteiger partial charge >= 0.3 is 5.97 Å². The summed E-state index contributed by atoms with van der Waals surface area (Å²) in [7, 11) is 3.81. The summed E-state index contributed by atoms with van der Waals surface area (Å²) in [6.45, 7) is 2.25. The molecule has 0 radical (unpaired) electrons. The second kappa shape index (κ2) is 6.16. The molecule has 0 spiro atoms. The first-order chi connectivity index (χ1) is 9.47. The predicted molar refractivity (Wildman–Crippen MR) is 82.0 cm³/mol. The van der Waals surface area contributed by atoms with Crippen molar-refractivity contribution >= 4 is 17.3 Å². The molecule has 110 valence electrons. The standard InChI is InChI=1S/C16H24N2O2/c1-11-4-7-13(8-5-11)20-16(19)14-10-12(17)6-9-15(14)18(2)3/h6,9-11,13H,4-5,7-8,17H2,1-3H3. The van der Waals surface area contributed by atoms with E-state index >= 15 is 0 Å². The molecular weight excluding hydrogens is 252 g/mol. The van der Waals surface area contributed by atoms with E-state index in [0.717, 1.165) is 37.3 Å². The van der Waals surface area contributed by atoms with Gasteiger partial charge in [-0.1, -0.05) is 6.92 Å². The minimum Gasteiger partial charge on any atom is -0.459 e. The molecular formula is C16H24N2O2. The van der Waals surface area contributed by atoms with Crippen molar-refractivity contribution in [2.75, 3.05) is 24.7 Å². The molecule has 1 aliphatic rings. The molecule has 4 heteroatoms. The number of esters is 1. The highest BCUT2D eigenvalue weighted by atomic mass is 16.5. The van der Waals surface area contributed by atoms with E-state index in [1.54, 1.807) is 12.1 Å². The lowest BCUT2D eigenvalue weighted by Crippen LogP contribution is -2.25. The first-order valence-corrected chi connectivity index (χ1v) is 7.25. The summed E-state index contributed by atoms with van der Waals surface area (Å²) in [6, 6.07) is 5.35. The third-order valence-corrected chi connectivity index (χ3v) is 3.96. The van der Waals surface area contributed by atoms with Crippen molar-refractivity contribution in [1.82, 2.24) is 0 Å². The van der Waals surface area contributed by atoms with Crippen molar-refractivity contribution in [3.8, 4) is 0 Å². The van der Waals surface area contributed by atoms with Crippen LogP contribution in [-0.2, 0) is 4.74 Å². The van der Waals surface area contributed by atoms with Crippen LogP contribution < -0.4 is 10.6 Å². The number of rotatable bonds is 3. The summed E-state index contributed by atoms with van der Waals surface area (Å²) in [6.07, 6.45) is 4.25. The van der Waals surface area contributed by atoms with Gasteiger partial charge in [-0.3, -0.25) is 0 Å². The quantitative estimate of drug-likeness (QED) is 0.681. The number of anilines is 2. The van der Waals surface area contributed by atoms with Gasteiger partial charge in [-0.15, -0.1) is 0 Å². The lowest BCUT2D eigenvalue weighted by Gasteiger charge is -2.26. The maximum atomic E-state index is 12.4. The highest BCUT2D eigenvalue weighted by Gasteiger charge is 2.23. The second-order valence-electron chi connectivity index (χ2n) is 5.96. The first kappa shape index (κ1) is 14.7. The topological polar surface area (TPSA) is 55.6 Å². The molecule has 0 atom stereocenters. The summed E-state index contributed by atoms with van der Waals surface area (Å²) in [5, 5.41) is 0. The summed E-state index contributed by atoms with van der Waals surface area (Å²) < 4.78 is 5.65. The number of nitrogen functional groups attached to an aromatic ring is 1. The maximum absolute atomic E-state index is 12.4. The SMILES string of the molecule is CC1CCC(OC(=O)c2cc(N)ccc2N(C)C)CC1. The molecule has 1 saturated carbocycles. The smallest absolute Gasteiger partial charge is 0.340 e. The number of hydrogen-bond acceptors (Lipinski definition) is 4. The fourth-order valence-electron chi connectivity index (χ4n) is 2.67. The summed E-state index contributed by atoms with van der Waals surface area (Å²) >= 11 is 0. The molecule has 1 aromatic rings. The number of benzene rings is 1. The Kier molecular flexibility index (Phi) is 4.53. The van der Waals surface area contributed by atoms with Crippen LogP contribution in [0.3, 0.4) is 0 Å². The van der Waals surface area contributed by atoms with Crippen molar-refractivity contribution in [3.63, 3.8) is 0 Å². The molecule has 4 nitrogen and oxygen atoms in total. The molecule has 2 N–H and O–H groups in total. The van der Waals surface area contributed by atoms with Crippen LogP contribution in [0.2, 0.25) is 0 Å². The Morgan fingerprint density at radius 3 is 2.50 bits per heavy atom. The van der Waals surface area contributed by atoms with Crippen molar-refractivity contribution in [2.24, 2.45) is 5.92 Å². The second-order valence-corrected chi connectivity index (χ2v) is 5.96. The van der Waals surface area contributed by atoms with Gasteiger partial charge in [-0.25, -0.2) is 4.79 Å². The Labute approximate surface area is 120 Å². The maximum Gasteiger partial charge on any atom is 0.340 e. The van der Waals surface area contributed by atoms with Crippen LogP contribution in [0.4, 0.5) is 11.4 Å². The molecule has 0 unspecified atom stereocenters. The molecule has 0 saturated heterocycles. The molecule has 0 amide bonds. The number of carbonyl (C=O) groups excluding carboxylic acids is 1. The van der Waals surface area contributed by atoms with Gasteiger partial charge < -0.3 is 15.4 Å². The predicted octanol–water partition coefficient (Wildman–Crippen LogP) is 3.07. The Morgan fingerprint density at radius 1 is 1.25 bits per heavy atom. The number of nitrogens with zero attached hydrogens (tertiary/aromatic N) is 1. The van der Waals surface area contributed by atoms with Gasteiger partial charge in [0, 0.05) is 19.8 Å². The Balaban J connectivity index is 2.10. The molecule has 0 bridgehead atoms. The monoisotopic (exact) mass is 276 g/mol. The van der Waals surface area contributed by atoms with Gasteiger partial charge in [-0.2, -0.15) is 0 Å². The minimum atomic E-state index is -0.263. The molecule has 0 aliphatic heterocycles. The number of hydrogen-bond donors (Lipinski definition) is 1. The summed E-state index contributed by atoms with van der Waals surface area (Å²) in [5.74, 6) is 0.482. The van der Waals surface area contributed by atoms with Gasteiger partial charge in [0.2, 0.25) is 0 Å². The van der Waals surface area contributed by atoms with Crippen molar-refractivity contribution in [2.45, 2.75) is 38.7 Å². The van der Waals surface area contributed by atoms with E-state index < -0.39 is 0 Å². The average Bonchev–Trinajstić information content (AvgIpc) is 2.41. The Hall–Kier alpha value is -1.71. The normalized spacial score (nSPS) is 22.4. The number of nitrogens with two attached hydrogens (primary N) is 1. The average molecular weight is 276 g/mol. The number of carbonyl (C=O) groups is 1. The Morgan fingerprint density at radius 2 is 1.90 bits per heavy atom.